The summed E-state index contributed by atoms with van der Waals surface area (Å²) in [4.78, 5) is 36.2. The number of benzene rings is 1. The van der Waals surface area contributed by atoms with E-state index in [0.29, 0.717) is 11.9 Å². The number of aliphatic hydroxyl groups excluding tert-OH is 3. The normalized spacial score (nSPS) is 27.6. The van der Waals surface area contributed by atoms with E-state index in [1.807, 2.05) is 0 Å². The van der Waals surface area contributed by atoms with E-state index in [9.17, 15) is 39.9 Å². The second kappa shape index (κ2) is 14.6. The van der Waals surface area contributed by atoms with Gasteiger partial charge in [0.05, 0.1) is 24.0 Å². The third-order valence-electron chi connectivity index (χ3n) is 7.18. The minimum atomic E-state index is -1.05. The maximum absolute atomic E-state index is 12.8. The molecule has 1 aromatic carbocycles. The first-order valence-corrected chi connectivity index (χ1v) is 13.1. The summed E-state index contributed by atoms with van der Waals surface area (Å²) in [7, 11) is 0. The van der Waals surface area contributed by atoms with Crippen LogP contribution in [-0.4, -0.2) is 69.2 Å². The predicted molar refractivity (Wildman–Crippen MR) is 149 cm³/mol. The van der Waals surface area contributed by atoms with Gasteiger partial charge in [-0.2, -0.15) is 0 Å². The number of fused-ring (bicyclic) bond motifs is 2. The van der Waals surface area contributed by atoms with Gasteiger partial charge in [0.25, 0.3) is 5.91 Å². The fourth-order valence-electron chi connectivity index (χ4n) is 5.01. The average molecular weight is 561 g/mol. The van der Waals surface area contributed by atoms with Crippen LogP contribution in [0.1, 0.15) is 50.0 Å². The van der Waals surface area contributed by atoms with Gasteiger partial charge in [-0.05, 0) is 38.2 Å². The number of primary amides is 1. The molecule has 0 aliphatic carbocycles. The highest BCUT2D eigenvalue weighted by Gasteiger charge is 2.29. The number of hydrogen-bond acceptors (Lipinski definition) is 9. The monoisotopic (exact) mass is 560 g/mol. The molecular formula is C29H40N2O9. The minimum Gasteiger partial charge on any atom is -0.507 e. The number of phenols is 2. The molecule has 0 unspecified atom stereocenters. The Morgan fingerprint density at radius 2 is 1.88 bits per heavy atom. The van der Waals surface area contributed by atoms with E-state index < -0.39 is 54.3 Å². The zero-order valence-corrected chi connectivity index (χ0v) is 23.2. The molecule has 220 valence electrons. The highest BCUT2D eigenvalue weighted by molar-refractivity contribution is 6.05. The van der Waals surface area contributed by atoms with Gasteiger partial charge in [-0.25, -0.2) is 4.79 Å². The molecule has 1 heterocycles. The molecule has 2 bridgehead atoms. The molecule has 1 aliphatic rings. The van der Waals surface area contributed by atoms with Crippen LogP contribution in [0.4, 0.5) is 10.5 Å². The number of carbonyl (C=O) groups is 3. The second-order valence-electron chi connectivity index (χ2n) is 10.4. The average Bonchev–Trinajstić information content (AvgIpc) is 2.90. The lowest BCUT2D eigenvalue weighted by atomic mass is 9.82. The van der Waals surface area contributed by atoms with E-state index in [4.69, 9.17) is 10.5 Å². The van der Waals surface area contributed by atoms with Gasteiger partial charge in [-0.1, -0.05) is 38.2 Å². The zero-order valence-electron chi connectivity index (χ0n) is 23.2. The lowest BCUT2D eigenvalue weighted by Gasteiger charge is -2.29. The van der Waals surface area contributed by atoms with Gasteiger partial charge in [0.1, 0.15) is 17.6 Å². The van der Waals surface area contributed by atoms with Crippen molar-refractivity contribution in [1.29, 1.82) is 0 Å². The van der Waals surface area contributed by atoms with E-state index in [1.54, 1.807) is 26.8 Å². The molecule has 0 fully saturated rings. The molecule has 2 rings (SSSR count). The smallest absolute Gasteiger partial charge is 0.405 e. The van der Waals surface area contributed by atoms with E-state index in [1.165, 1.54) is 25.2 Å². The van der Waals surface area contributed by atoms with Crippen molar-refractivity contribution in [3.63, 3.8) is 0 Å². The number of phenolic OH excluding ortho intramolecular Hbond substituents is 2. The highest BCUT2D eigenvalue weighted by atomic mass is 16.6. The number of aromatic hydroxyl groups is 2. The molecule has 40 heavy (non-hydrogen) atoms. The van der Waals surface area contributed by atoms with Crippen molar-refractivity contribution in [2.24, 2.45) is 29.4 Å². The number of ether oxygens (including phenoxy) is 1. The summed E-state index contributed by atoms with van der Waals surface area (Å²) in [5, 5.41) is 55.1. The zero-order chi connectivity index (χ0) is 30.1. The summed E-state index contributed by atoms with van der Waals surface area (Å²) < 4.78 is 5.29. The summed E-state index contributed by atoms with van der Waals surface area (Å²) in [6.45, 7) is 5.94. The second-order valence-corrected chi connectivity index (χ2v) is 10.4. The minimum absolute atomic E-state index is 0.0970. The molecule has 0 radical (unpaired) electrons. The Kier molecular flexibility index (Phi) is 11.9. The lowest BCUT2D eigenvalue weighted by molar-refractivity contribution is -0.112. The molecular weight excluding hydrogens is 520 g/mol. The molecule has 1 aromatic rings. The van der Waals surface area contributed by atoms with Crippen LogP contribution < -0.4 is 11.1 Å². The number of nitrogens with two attached hydrogens (primary N) is 1. The number of nitrogens with one attached hydrogen (secondary N) is 1. The first-order valence-electron chi connectivity index (χ1n) is 13.1. The Labute approximate surface area is 233 Å². The number of amides is 2. The SMILES string of the molecule is CC1=C/C=C\[C@H](CO)[C@@H](OC(N)=O)C(C)=C[C@H](C)[C@@H](O)[C@@H](CO)C[C@H](C)Cc2c(O)c(cc(O)c2C=O)NC1=O. The fourth-order valence-corrected chi connectivity index (χ4v) is 5.01. The van der Waals surface area contributed by atoms with Gasteiger partial charge in [-0.3, -0.25) is 9.59 Å². The van der Waals surface area contributed by atoms with Crippen molar-refractivity contribution < 1.29 is 44.7 Å². The number of allylic oxidation sites excluding steroid dienone is 2. The van der Waals surface area contributed by atoms with E-state index in [0.717, 1.165) is 6.07 Å². The van der Waals surface area contributed by atoms with Crippen molar-refractivity contribution in [2.45, 2.75) is 52.7 Å². The molecule has 2 amide bonds. The maximum atomic E-state index is 12.8. The Morgan fingerprint density at radius 3 is 2.45 bits per heavy atom. The lowest BCUT2D eigenvalue weighted by Crippen LogP contribution is -2.34. The molecule has 11 nitrogen and oxygen atoms in total. The Morgan fingerprint density at radius 1 is 1.20 bits per heavy atom. The summed E-state index contributed by atoms with van der Waals surface area (Å²) in [5.41, 5.74) is 5.92. The van der Waals surface area contributed by atoms with Crippen molar-refractivity contribution in [3.8, 4) is 11.5 Å². The maximum Gasteiger partial charge on any atom is 0.405 e. The summed E-state index contributed by atoms with van der Waals surface area (Å²) in [5.74, 6) is -3.53. The summed E-state index contributed by atoms with van der Waals surface area (Å²) in [6, 6.07) is 1.08. The van der Waals surface area contributed by atoms with Crippen LogP contribution >= 0.6 is 0 Å². The van der Waals surface area contributed by atoms with Crippen LogP contribution in [0.5, 0.6) is 11.5 Å². The van der Waals surface area contributed by atoms with Crippen LogP contribution in [0.15, 0.2) is 41.5 Å². The quantitative estimate of drug-likeness (QED) is 0.125. The first kappa shape index (κ1) is 32.5. The van der Waals surface area contributed by atoms with Crippen LogP contribution in [0.25, 0.3) is 0 Å². The summed E-state index contributed by atoms with van der Waals surface area (Å²) in [6.07, 6.45) is 3.94. The Hall–Kier alpha value is -3.67. The van der Waals surface area contributed by atoms with Gasteiger partial charge >= 0.3 is 6.09 Å². The molecule has 1 aliphatic heterocycles. The number of aldehydes is 1. The van der Waals surface area contributed by atoms with Gasteiger partial charge in [0, 0.05) is 41.6 Å². The highest BCUT2D eigenvalue weighted by Crippen LogP contribution is 2.38. The summed E-state index contributed by atoms with van der Waals surface area (Å²) >= 11 is 0. The van der Waals surface area contributed by atoms with Crippen LogP contribution in [0, 0.1) is 23.7 Å². The molecule has 0 spiro atoms. The predicted octanol–water partition coefficient (Wildman–Crippen LogP) is 2.56. The topological polar surface area (TPSA) is 200 Å². The first-order chi connectivity index (χ1) is 18.8. The van der Waals surface area contributed by atoms with E-state index >= 15 is 0 Å². The number of rotatable bonds is 4. The van der Waals surface area contributed by atoms with E-state index in [2.05, 4.69) is 5.32 Å². The third kappa shape index (κ3) is 8.17. The molecule has 6 atom stereocenters. The van der Waals surface area contributed by atoms with Crippen LogP contribution in [-0.2, 0) is 16.0 Å². The van der Waals surface area contributed by atoms with Crippen molar-refractivity contribution in [3.05, 3.63) is 52.6 Å². The van der Waals surface area contributed by atoms with Gasteiger partial charge in [0.2, 0.25) is 0 Å². The molecule has 0 saturated carbocycles. The Balaban J connectivity index is 2.66. The van der Waals surface area contributed by atoms with Crippen LogP contribution in [0.3, 0.4) is 0 Å². The third-order valence-corrected chi connectivity index (χ3v) is 7.18. The Bertz CT molecular complexity index is 1170. The number of aliphatic hydroxyl groups is 3. The number of carbonyl (C=O) groups excluding carboxylic acids is 3. The molecule has 11 heteroatoms. The largest absolute Gasteiger partial charge is 0.507 e. The van der Waals surface area contributed by atoms with Crippen molar-refractivity contribution in [2.75, 3.05) is 18.5 Å². The number of hydrogen-bond donors (Lipinski definition) is 7. The van der Waals surface area contributed by atoms with Gasteiger partial charge in [0.15, 0.2) is 6.29 Å². The van der Waals surface area contributed by atoms with Gasteiger partial charge < -0.3 is 41.3 Å². The van der Waals surface area contributed by atoms with E-state index in [-0.39, 0.29) is 53.5 Å². The fraction of sp³-hybridized carbons (Fsp3) is 0.483. The van der Waals surface area contributed by atoms with Gasteiger partial charge in [-0.15, -0.1) is 0 Å². The molecule has 0 saturated heterocycles. The molecule has 0 aromatic heterocycles. The van der Waals surface area contributed by atoms with Crippen LogP contribution in [0.2, 0.25) is 0 Å². The number of anilines is 1. The van der Waals surface area contributed by atoms with Crippen molar-refractivity contribution >= 4 is 24.0 Å². The molecule has 8 N–H and O–H groups in total. The standard InChI is InChI=1S/C29H40N2O9/c1-15-8-20(13-33)25(36)17(3)10-18(4)27(40-29(30)39)19(12-32)7-5-6-16(2)28(38)31-23-11-24(35)22(14-34)21(9-15)26(23)37/h5-7,10-11,14-15,17,19-20,25,27,32-33,35-37H,8-9,12-13H2,1-4H3,(H2,30,39)(H,31,38)/b7-5-,16-6?,18-10?/t15-,17-,19+,20+,25+,27-/m0/s1. The van der Waals surface area contributed by atoms with Crippen molar-refractivity contribution in [1.82, 2.24) is 0 Å².